The van der Waals surface area contributed by atoms with Crippen LogP contribution >= 0.6 is 11.8 Å². The highest BCUT2D eigenvalue weighted by Gasteiger charge is 2.74. The molecule has 43 heavy (non-hydrogen) atoms. The first-order chi connectivity index (χ1) is 20.9. The van der Waals surface area contributed by atoms with E-state index in [1.807, 2.05) is 47.1 Å². The standard InChI is InChI=1S/C33H46N4O5S/c1-4-14-35(15-5-2)30(39)27-26-12-13-33(43-26)28(27)31(40)37(25(23-38)24-10-8-7-9-11-24)29(33)32(41)36(16-6-3)18-17-34-19-21-42-22-20-34/h4,6-11,25-29,38H,1,3,5,12-23H2,2H3/t25-,26-,27+,28+,29?,33?/m1/s1. The molecular formula is C33H46N4O5S. The number of amides is 3. The molecule has 0 saturated carbocycles. The second kappa shape index (κ2) is 14.0. The minimum Gasteiger partial charge on any atom is -0.394 e. The molecular weight excluding hydrogens is 564 g/mol. The Morgan fingerprint density at radius 1 is 1.12 bits per heavy atom. The Morgan fingerprint density at radius 2 is 1.79 bits per heavy atom. The van der Waals surface area contributed by atoms with Crippen LogP contribution in [0.4, 0.5) is 0 Å². The summed E-state index contributed by atoms with van der Waals surface area (Å²) in [4.78, 5) is 51.2. The number of aliphatic hydroxyl groups excluding tert-OH is 1. The third-order valence-corrected chi connectivity index (χ3v) is 11.5. The molecule has 0 aromatic heterocycles. The zero-order chi connectivity index (χ0) is 30.6. The minimum absolute atomic E-state index is 0.0198. The highest BCUT2D eigenvalue weighted by Crippen LogP contribution is 2.67. The lowest BCUT2D eigenvalue weighted by molar-refractivity contribution is -0.147. The number of morpholine rings is 1. The van der Waals surface area contributed by atoms with Crippen molar-refractivity contribution in [1.29, 1.82) is 0 Å². The number of carbonyl (C=O) groups is 3. The number of aliphatic hydroxyl groups is 1. The first-order valence-electron chi connectivity index (χ1n) is 15.7. The van der Waals surface area contributed by atoms with Gasteiger partial charge in [-0.2, -0.15) is 0 Å². The molecule has 4 heterocycles. The van der Waals surface area contributed by atoms with E-state index in [1.165, 1.54) is 0 Å². The third-order valence-electron chi connectivity index (χ3n) is 9.56. The number of thioether (sulfide) groups is 1. The van der Waals surface area contributed by atoms with Gasteiger partial charge in [0.15, 0.2) is 0 Å². The summed E-state index contributed by atoms with van der Waals surface area (Å²) < 4.78 is 4.77. The van der Waals surface area contributed by atoms with Gasteiger partial charge in [0.1, 0.15) is 6.04 Å². The first kappa shape index (κ1) is 31.8. The molecule has 2 unspecified atom stereocenters. The van der Waals surface area contributed by atoms with Crippen molar-refractivity contribution in [1.82, 2.24) is 19.6 Å². The highest BCUT2D eigenvalue weighted by atomic mass is 32.2. The topological polar surface area (TPSA) is 93.6 Å². The Hall–Kier alpha value is -2.66. The summed E-state index contributed by atoms with van der Waals surface area (Å²) in [6, 6.07) is 7.95. The normalized spacial score (nSPS) is 28.9. The van der Waals surface area contributed by atoms with Crippen LogP contribution in [0.5, 0.6) is 0 Å². The molecule has 1 spiro atoms. The van der Waals surface area contributed by atoms with Gasteiger partial charge in [-0.25, -0.2) is 0 Å². The van der Waals surface area contributed by atoms with Gasteiger partial charge in [-0.3, -0.25) is 19.3 Å². The van der Waals surface area contributed by atoms with Crippen LogP contribution in [0.2, 0.25) is 0 Å². The largest absolute Gasteiger partial charge is 0.394 e. The van der Waals surface area contributed by atoms with Gasteiger partial charge in [-0.1, -0.05) is 49.4 Å². The van der Waals surface area contributed by atoms with Crippen molar-refractivity contribution in [2.24, 2.45) is 11.8 Å². The number of hydrogen-bond donors (Lipinski definition) is 1. The van der Waals surface area contributed by atoms with Crippen molar-refractivity contribution in [3.63, 3.8) is 0 Å². The number of ether oxygens (including phenoxy) is 1. The molecule has 1 N–H and O–H groups in total. The summed E-state index contributed by atoms with van der Waals surface area (Å²) in [5.41, 5.74) is 0.776. The van der Waals surface area contributed by atoms with Crippen molar-refractivity contribution in [3.05, 3.63) is 61.2 Å². The summed E-state index contributed by atoms with van der Waals surface area (Å²) in [5.74, 6) is -1.48. The van der Waals surface area contributed by atoms with Gasteiger partial charge in [0.05, 0.1) is 42.4 Å². The molecule has 9 nitrogen and oxygen atoms in total. The average Bonchev–Trinajstić information content (AvgIpc) is 3.67. The van der Waals surface area contributed by atoms with Gasteiger partial charge in [0.2, 0.25) is 17.7 Å². The van der Waals surface area contributed by atoms with Gasteiger partial charge in [-0.15, -0.1) is 24.9 Å². The van der Waals surface area contributed by atoms with Gasteiger partial charge in [0.25, 0.3) is 0 Å². The van der Waals surface area contributed by atoms with Crippen molar-refractivity contribution in [3.8, 4) is 0 Å². The van der Waals surface area contributed by atoms with Crippen LogP contribution in [-0.4, -0.2) is 124 Å². The lowest BCUT2D eigenvalue weighted by atomic mass is 9.70. The minimum atomic E-state index is -0.793. The van der Waals surface area contributed by atoms with E-state index in [-0.39, 0.29) is 29.6 Å². The van der Waals surface area contributed by atoms with Crippen LogP contribution in [0.15, 0.2) is 55.6 Å². The van der Waals surface area contributed by atoms with E-state index < -0.39 is 28.7 Å². The Kier molecular flexibility index (Phi) is 10.3. The monoisotopic (exact) mass is 610 g/mol. The highest BCUT2D eigenvalue weighted by molar-refractivity contribution is 8.02. The molecule has 3 amide bonds. The number of benzene rings is 1. The lowest BCUT2D eigenvalue weighted by Gasteiger charge is -2.40. The maximum atomic E-state index is 14.8. The summed E-state index contributed by atoms with van der Waals surface area (Å²) in [7, 11) is 0. The lowest BCUT2D eigenvalue weighted by Crippen LogP contribution is -2.56. The fraction of sp³-hybridized carbons (Fsp3) is 0.606. The molecule has 4 aliphatic heterocycles. The van der Waals surface area contributed by atoms with Gasteiger partial charge < -0.3 is 24.5 Å². The molecule has 4 aliphatic rings. The molecule has 5 rings (SSSR count). The van der Waals surface area contributed by atoms with E-state index in [9.17, 15) is 19.5 Å². The quantitative estimate of drug-likeness (QED) is 0.324. The van der Waals surface area contributed by atoms with Crippen LogP contribution < -0.4 is 0 Å². The third kappa shape index (κ3) is 5.91. The number of fused-ring (bicyclic) bond motifs is 1. The summed E-state index contributed by atoms with van der Waals surface area (Å²) in [6.45, 7) is 15.1. The fourth-order valence-corrected chi connectivity index (χ4v) is 9.84. The van der Waals surface area contributed by atoms with Crippen molar-refractivity contribution in [2.45, 2.75) is 48.3 Å². The molecule has 234 valence electrons. The maximum absolute atomic E-state index is 14.8. The molecule has 4 fully saturated rings. The van der Waals surface area contributed by atoms with Crippen LogP contribution in [0.1, 0.15) is 37.8 Å². The summed E-state index contributed by atoms with van der Waals surface area (Å²) in [5, 5.41) is 10.7. The zero-order valence-corrected chi connectivity index (χ0v) is 26.1. The molecule has 10 heteroatoms. The Morgan fingerprint density at radius 3 is 2.42 bits per heavy atom. The van der Waals surface area contributed by atoms with E-state index in [0.29, 0.717) is 52.4 Å². The van der Waals surface area contributed by atoms with E-state index in [0.717, 1.165) is 31.5 Å². The Labute approximate surface area is 259 Å². The van der Waals surface area contributed by atoms with Crippen molar-refractivity contribution < 1.29 is 24.2 Å². The van der Waals surface area contributed by atoms with E-state index >= 15 is 0 Å². The maximum Gasteiger partial charge on any atom is 0.247 e. The van der Waals surface area contributed by atoms with Crippen LogP contribution in [0, 0.1) is 11.8 Å². The molecule has 6 atom stereocenters. The number of likely N-dealkylation sites (tertiary alicyclic amines) is 1. The van der Waals surface area contributed by atoms with Crippen LogP contribution in [-0.2, 0) is 19.1 Å². The van der Waals surface area contributed by atoms with Crippen LogP contribution in [0.25, 0.3) is 0 Å². The van der Waals surface area contributed by atoms with Crippen molar-refractivity contribution in [2.75, 3.05) is 65.6 Å². The van der Waals surface area contributed by atoms with E-state index in [4.69, 9.17) is 4.74 Å². The second-order valence-electron chi connectivity index (χ2n) is 12.0. The molecule has 0 radical (unpaired) electrons. The zero-order valence-electron chi connectivity index (χ0n) is 25.3. The fourth-order valence-electron chi connectivity index (χ4n) is 7.65. The molecule has 4 saturated heterocycles. The predicted octanol–water partition coefficient (Wildman–Crippen LogP) is 2.58. The molecule has 1 aromatic rings. The Bertz CT molecular complexity index is 1180. The average molecular weight is 611 g/mol. The molecule has 2 bridgehead atoms. The smallest absolute Gasteiger partial charge is 0.247 e. The number of hydrogen-bond acceptors (Lipinski definition) is 7. The van der Waals surface area contributed by atoms with Gasteiger partial charge in [-0.05, 0) is 24.8 Å². The second-order valence-corrected chi connectivity index (χ2v) is 13.6. The van der Waals surface area contributed by atoms with Crippen molar-refractivity contribution >= 4 is 29.5 Å². The predicted molar refractivity (Wildman–Crippen MR) is 168 cm³/mol. The summed E-state index contributed by atoms with van der Waals surface area (Å²) >= 11 is 1.67. The van der Waals surface area contributed by atoms with E-state index in [1.54, 1.807) is 28.8 Å². The molecule has 1 aromatic carbocycles. The number of rotatable bonds is 14. The first-order valence-corrected chi connectivity index (χ1v) is 16.5. The van der Waals surface area contributed by atoms with E-state index in [2.05, 4.69) is 18.1 Å². The van der Waals surface area contributed by atoms with Crippen LogP contribution in [0.3, 0.4) is 0 Å². The number of carbonyl (C=O) groups excluding carboxylic acids is 3. The molecule has 0 aliphatic carbocycles. The SMILES string of the molecule is C=CCN(CCN1CCOCC1)C(=O)C1N([C@H](CO)c2ccccc2)C(=O)[C@@H]2[C@@H](C(=O)N(CC=C)CCC)[C@H]3CCC12S3. The van der Waals surface area contributed by atoms with Gasteiger partial charge in [0, 0.05) is 51.1 Å². The Balaban J connectivity index is 1.53. The van der Waals surface area contributed by atoms with Gasteiger partial charge >= 0.3 is 0 Å². The number of nitrogens with zero attached hydrogens (tertiary/aromatic N) is 4. The summed E-state index contributed by atoms with van der Waals surface area (Å²) in [6.07, 6.45) is 5.74.